The summed E-state index contributed by atoms with van der Waals surface area (Å²) in [6.45, 7) is 13.4. The van der Waals surface area contributed by atoms with E-state index in [9.17, 15) is 0 Å². The molecule has 0 aliphatic rings. The van der Waals surface area contributed by atoms with Crippen molar-refractivity contribution < 1.29 is 0 Å². The van der Waals surface area contributed by atoms with Crippen molar-refractivity contribution in [1.29, 1.82) is 0 Å². The fraction of sp³-hybridized carbons (Fsp3) is 0.333. The van der Waals surface area contributed by atoms with Gasteiger partial charge in [-0.3, -0.25) is 0 Å². The molecular weight excluding hydrogens is 289 g/mol. The van der Waals surface area contributed by atoms with Crippen LogP contribution in [0.5, 0.6) is 0 Å². The quantitative estimate of drug-likeness (QED) is 0.747. The van der Waals surface area contributed by atoms with E-state index in [0.717, 1.165) is 0 Å². The number of hydrogen-bond acceptors (Lipinski definition) is 0. The van der Waals surface area contributed by atoms with Crippen LogP contribution in [0.25, 0.3) is 0 Å². The van der Waals surface area contributed by atoms with E-state index in [1.54, 1.807) is 8.79 Å². The molecule has 0 N–H and O–H groups in total. The summed E-state index contributed by atoms with van der Waals surface area (Å²) in [5.74, 6) is 0. The Labute approximate surface area is 123 Å². The van der Waals surface area contributed by atoms with Gasteiger partial charge in [0.15, 0.2) is 0 Å². The van der Waals surface area contributed by atoms with E-state index >= 15 is 0 Å². The first kappa shape index (κ1) is 14.4. The minimum atomic E-state index is -0.239. The Morgan fingerprint density at radius 3 is 1.05 bits per heavy atom. The summed E-state index contributed by atoms with van der Waals surface area (Å²) in [5.41, 5.74) is 8.63. The molecule has 2 aromatic rings. The third-order valence-electron chi connectivity index (χ3n) is 3.60. The standard InChI is InChI=1S/C18H22Ge/c1-11-7-13(3)17(14(4)8-11)19-18-15(5)9-12(2)10-16(18)6/h7-10H,1-6H3. The maximum atomic E-state index is 2.32. The van der Waals surface area contributed by atoms with E-state index in [1.807, 2.05) is 0 Å². The SMILES string of the molecule is Cc1cc(C)[c]([Ge][c]2c(C)cc(C)cc2C)c(C)c1. The summed E-state index contributed by atoms with van der Waals surface area (Å²) in [4.78, 5) is 0. The molecule has 0 heterocycles. The number of hydrogen-bond donors (Lipinski definition) is 0. The fourth-order valence-corrected chi connectivity index (χ4v) is 5.66. The van der Waals surface area contributed by atoms with Crippen LogP contribution in [0.3, 0.4) is 0 Å². The summed E-state index contributed by atoms with van der Waals surface area (Å²) in [7, 11) is 0. The number of benzene rings is 2. The van der Waals surface area contributed by atoms with Gasteiger partial charge in [-0.2, -0.15) is 0 Å². The zero-order valence-electron chi connectivity index (χ0n) is 12.8. The molecule has 0 saturated carbocycles. The van der Waals surface area contributed by atoms with E-state index in [2.05, 4.69) is 65.8 Å². The summed E-state index contributed by atoms with van der Waals surface area (Å²) in [5, 5.41) is 0. The summed E-state index contributed by atoms with van der Waals surface area (Å²) in [6, 6.07) is 9.30. The van der Waals surface area contributed by atoms with Gasteiger partial charge in [0, 0.05) is 0 Å². The predicted molar refractivity (Wildman–Crippen MR) is 86.3 cm³/mol. The molecule has 0 nitrogen and oxygen atoms in total. The topological polar surface area (TPSA) is 0 Å². The van der Waals surface area contributed by atoms with Crippen LogP contribution in [0.1, 0.15) is 33.4 Å². The molecule has 0 aromatic heterocycles. The van der Waals surface area contributed by atoms with Gasteiger partial charge >= 0.3 is 123 Å². The van der Waals surface area contributed by atoms with Gasteiger partial charge in [0.1, 0.15) is 0 Å². The van der Waals surface area contributed by atoms with Crippen LogP contribution in [0.2, 0.25) is 0 Å². The van der Waals surface area contributed by atoms with Crippen molar-refractivity contribution in [2.45, 2.75) is 41.5 Å². The monoisotopic (exact) mass is 312 g/mol. The average Bonchev–Trinajstić information content (AvgIpc) is 2.25. The minimum absolute atomic E-state index is 0.239. The summed E-state index contributed by atoms with van der Waals surface area (Å²) in [6.07, 6.45) is 0. The van der Waals surface area contributed by atoms with E-state index in [4.69, 9.17) is 0 Å². The molecule has 0 spiro atoms. The molecule has 0 aliphatic carbocycles. The molecule has 1 heteroatoms. The van der Waals surface area contributed by atoms with Crippen LogP contribution in [-0.4, -0.2) is 15.4 Å². The van der Waals surface area contributed by atoms with Crippen molar-refractivity contribution in [2.75, 3.05) is 0 Å². The van der Waals surface area contributed by atoms with E-state index in [1.165, 1.54) is 33.4 Å². The third-order valence-corrected chi connectivity index (χ3v) is 7.96. The van der Waals surface area contributed by atoms with Crippen LogP contribution in [0.4, 0.5) is 0 Å². The van der Waals surface area contributed by atoms with Gasteiger partial charge in [0.25, 0.3) is 0 Å². The van der Waals surface area contributed by atoms with Gasteiger partial charge in [0.2, 0.25) is 0 Å². The van der Waals surface area contributed by atoms with Gasteiger partial charge in [-0.05, 0) is 0 Å². The van der Waals surface area contributed by atoms with E-state index in [-0.39, 0.29) is 15.4 Å². The molecule has 0 amide bonds. The molecule has 0 aliphatic heterocycles. The second-order valence-electron chi connectivity index (χ2n) is 5.67. The Hall–Kier alpha value is -1.02. The van der Waals surface area contributed by atoms with Crippen LogP contribution in [-0.2, 0) is 0 Å². The average molecular weight is 311 g/mol. The third kappa shape index (κ3) is 3.12. The number of aryl methyl sites for hydroxylation is 6. The van der Waals surface area contributed by atoms with Gasteiger partial charge in [-0.25, -0.2) is 0 Å². The van der Waals surface area contributed by atoms with Crippen molar-refractivity contribution in [2.24, 2.45) is 0 Å². The Balaban J connectivity index is 2.48. The molecule has 2 rings (SSSR count). The molecule has 0 bridgehead atoms. The molecule has 19 heavy (non-hydrogen) atoms. The van der Waals surface area contributed by atoms with Crippen molar-refractivity contribution >= 4 is 24.2 Å². The summed E-state index contributed by atoms with van der Waals surface area (Å²) < 4.78 is 3.22. The maximum absolute atomic E-state index is 2.32. The predicted octanol–water partition coefficient (Wildman–Crippen LogP) is 3.19. The zero-order valence-corrected chi connectivity index (χ0v) is 14.9. The molecule has 0 unspecified atom stereocenters. The van der Waals surface area contributed by atoms with Gasteiger partial charge in [0.05, 0.1) is 0 Å². The second kappa shape index (κ2) is 5.54. The Morgan fingerprint density at radius 1 is 0.526 bits per heavy atom. The van der Waals surface area contributed by atoms with E-state index in [0.29, 0.717) is 0 Å². The molecule has 0 fully saturated rings. The molecule has 2 radical (unpaired) electrons. The summed E-state index contributed by atoms with van der Waals surface area (Å²) >= 11 is -0.239. The molecule has 98 valence electrons. The normalized spacial score (nSPS) is 10.8. The van der Waals surface area contributed by atoms with Crippen molar-refractivity contribution in [3.63, 3.8) is 0 Å². The second-order valence-corrected chi connectivity index (χ2v) is 8.30. The Morgan fingerprint density at radius 2 is 0.789 bits per heavy atom. The molecular formula is C18H22Ge. The number of rotatable bonds is 2. The van der Waals surface area contributed by atoms with Gasteiger partial charge in [-0.15, -0.1) is 0 Å². The van der Waals surface area contributed by atoms with Gasteiger partial charge < -0.3 is 0 Å². The van der Waals surface area contributed by atoms with Crippen LogP contribution < -0.4 is 8.79 Å². The molecule has 0 saturated heterocycles. The fourth-order valence-electron chi connectivity index (χ4n) is 2.88. The van der Waals surface area contributed by atoms with Crippen LogP contribution in [0, 0.1) is 41.5 Å². The Kier molecular flexibility index (Phi) is 4.20. The molecule has 0 atom stereocenters. The van der Waals surface area contributed by atoms with Crippen molar-refractivity contribution in [3.05, 3.63) is 57.6 Å². The van der Waals surface area contributed by atoms with E-state index < -0.39 is 0 Å². The van der Waals surface area contributed by atoms with Gasteiger partial charge in [-0.1, -0.05) is 0 Å². The van der Waals surface area contributed by atoms with Crippen molar-refractivity contribution in [1.82, 2.24) is 0 Å². The molecule has 2 aromatic carbocycles. The first-order chi connectivity index (χ1) is 8.88. The first-order valence-corrected chi connectivity index (χ1v) is 8.91. The Bertz CT molecular complexity index is 522. The van der Waals surface area contributed by atoms with Crippen LogP contribution >= 0.6 is 0 Å². The van der Waals surface area contributed by atoms with Crippen LogP contribution in [0.15, 0.2) is 24.3 Å². The first-order valence-electron chi connectivity index (χ1n) is 6.81. The van der Waals surface area contributed by atoms with Crippen molar-refractivity contribution in [3.8, 4) is 0 Å². The zero-order chi connectivity index (χ0) is 14.2.